The van der Waals surface area contributed by atoms with Crippen molar-refractivity contribution in [3.8, 4) is 0 Å². The first-order valence-corrected chi connectivity index (χ1v) is 3.84. The molecule has 1 aromatic rings. The van der Waals surface area contributed by atoms with Crippen LogP contribution < -0.4 is 11.1 Å². The lowest BCUT2D eigenvalue weighted by Crippen LogP contribution is -1.96. The number of carbonyl (C=O) groups excluding carboxylic acids is 1. The third kappa shape index (κ3) is 2.59. The molecular formula is C9H11N3O. The molecule has 0 saturated heterocycles. The summed E-state index contributed by atoms with van der Waals surface area (Å²) in [5, 5.41) is 2.83. The fourth-order valence-electron chi connectivity index (χ4n) is 0.821. The molecule has 0 atom stereocenters. The first-order chi connectivity index (χ1) is 6.24. The maximum atomic E-state index is 10.9. The molecular weight excluding hydrogens is 166 g/mol. The number of rotatable bonds is 3. The normalized spacial score (nSPS) is 10.2. The van der Waals surface area contributed by atoms with E-state index in [-0.39, 0.29) is 5.78 Å². The van der Waals surface area contributed by atoms with Crippen LogP contribution in [0.25, 0.3) is 0 Å². The molecule has 0 fully saturated rings. The Kier molecular flexibility index (Phi) is 3.03. The van der Waals surface area contributed by atoms with E-state index in [1.807, 2.05) is 0 Å². The van der Waals surface area contributed by atoms with Crippen LogP contribution in [-0.2, 0) is 0 Å². The van der Waals surface area contributed by atoms with Crippen LogP contribution in [0.4, 0.5) is 5.82 Å². The van der Waals surface area contributed by atoms with Crippen molar-refractivity contribution in [2.75, 3.05) is 5.32 Å². The Balaban J connectivity index is 2.75. The van der Waals surface area contributed by atoms with Crippen LogP contribution in [0.5, 0.6) is 0 Å². The summed E-state index contributed by atoms with van der Waals surface area (Å²) >= 11 is 0. The smallest absolute Gasteiger partial charge is 0.161 e. The number of hydrogen-bond acceptors (Lipinski definition) is 4. The Morgan fingerprint density at radius 2 is 2.38 bits per heavy atom. The van der Waals surface area contributed by atoms with Gasteiger partial charge in [0.15, 0.2) is 5.78 Å². The standard InChI is InChI=1S/C9H11N3O/c1-7(13)8-2-3-9(12-6-8)11-5-4-10/h2-6H,10H2,1H3,(H,11,12)/b5-4-. The Labute approximate surface area is 76.5 Å². The van der Waals surface area contributed by atoms with Crippen molar-refractivity contribution in [3.63, 3.8) is 0 Å². The maximum Gasteiger partial charge on any atom is 0.161 e. The highest BCUT2D eigenvalue weighted by Crippen LogP contribution is 2.04. The number of aromatic nitrogens is 1. The summed E-state index contributed by atoms with van der Waals surface area (Å²) < 4.78 is 0. The van der Waals surface area contributed by atoms with E-state index in [0.29, 0.717) is 11.4 Å². The van der Waals surface area contributed by atoms with Gasteiger partial charge in [-0.15, -0.1) is 0 Å². The van der Waals surface area contributed by atoms with E-state index in [1.54, 1.807) is 18.3 Å². The minimum atomic E-state index is 0.00779. The predicted octanol–water partition coefficient (Wildman–Crippen LogP) is 1.13. The fraction of sp³-hybridized carbons (Fsp3) is 0.111. The van der Waals surface area contributed by atoms with E-state index in [2.05, 4.69) is 10.3 Å². The lowest BCUT2D eigenvalue weighted by molar-refractivity contribution is 0.101. The van der Waals surface area contributed by atoms with Crippen molar-refractivity contribution in [1.82, 2.24) is 4.98 Å². The van der Waals surface area contributed by atoms with Gasteiger partial charge in [0.2, 0.25) is 0 Å². The van der Waals surface area contributed by atoms with Crippen molar-refractivity contribution in [3.05, 3.63) is 36.3 Å². The fourth-order valence-corrected chi connectivity index (χ4v) is 0.821. The summed E-state index contributed by atoms with van der Waals surface area (Å²) in [5.74, 6) is 0.667. The SMILES string of the molecule is CC(=O)c1ccc(N/C=C\N)nc1. The highest BCUT2D eigenvalue weighted by Gasteiger charge is 1.98. The molecule has 0 saturated carbocycles. The molecule has 13 heavy (non-hydrogen) atoms. The van der Waals surface area contributed by atoms with Gasteiger partial charge in [-0.3, -0.25) is 4.79 Å². The molecule has 0 aromatic carbocycles. The molecule has 0 spiro atoms. The van der Waals surface area contributed by atoms with Gasteiger partial charge in [0.1, 0.15) is 5.82 Å². The zero-order chi connectivity index (χ0) is 9.68. The highest BCUT2D eigenvalue weighted by molar-refractivity contribution is 5.93. The molecule has 68 valence electrons. The maximum absolute atomic E-state index is 10.9. The summed E-state index contributed by atoms with van der Waals surface area (Å²) in [7, 11) is 0. The molecule has 4 heteroatoms. The van der Waals surface area contributed by atoms with E-state index in [0.717, 1.165) is 0 Å². The number of hydrogen-bond donors (Lipinski definition) is 2. The lowest BCUT2D eigenvalue weighted by atomic mass is 10.2. The second-order valence-corrected chi connectivity index (χ2v) is 2.49. The minimum Gasteiger partial charge on any atom is -0.403 e. The second-order valence-electron chi connectivity index (χ2n) is 2.49. The minimum absolute atomic E-state index is 0.00779. The van der Waals surface area contributed by atoms with Gasteiger partial charge in [0.05, 0.1) is 0 Å². The Hall–Kier alpha value is -1.84. The molecule has 1 aromatic heterocycles. The lowest BCUT2D eigenvalue weighted by Gasteiger charge is -1.99. The predicted molar refractivity (Wildman–Crippen MR) is 51.2 cm³/mol. The quantitative estimate of drug-likeness (QED) is 0.679. The van der Waals surface area contributed by atoms with Gasteiger partial charge in [0, 0.05) is 24.2 Å². The second kappa shape index (κ2) is 4.25. The average molecular weight is 177 g/mol. The van der Waals surface area contributed by atoms with E-state index < -0.39 is 0 Å². The highest BCUT2D eigenvalue weighted by atomic mass is 16.1. The molecule has 0 aliphatic rings. The van der Waals surface area contributed by atoms with E-state index >= 15 is 0 Å². The Morgan fingerprint density at radius 1 is 1.62 bits per heavy atom. The van der Waals surface area contributed by atoms with Gasteiger partial charge in [-0.05, 0) is 19.1 Å². The van der Waals surface area contributed by atoms with Gasteiger partial charge >= 0.3 is 0 Å². The number of nitrogens with one attached hydrogen (secondary N) is 1. The number of pyridine rings is 1. The summed E-state index contributed by atoms with van der Waals surface area (Å²) in [4.78, 5) is 14.9. The number of Topliss-reactive ketones (excluding diaryl/α,β-unsaturated/α-hetero) is 1. The first-order valence-electron chi connectivity index (χ1n) is 3.84. The summed E-state index contributed by atoms with van der Waals surface area (Å²) in [6, 6.07) is 3.43. The molecule has 3 N–H and O–H groups in total. The van der Waals surface area contributed by atoms with Gasteiger partial charge in [0.25, 0.3) is 0 Å². The van der Waals surface area contributed by atoms with E-state index in [4.69, 9.17) is 5.73 Å². The Bertz CT molecular complexity index is 316. The zero-order valence-corrected chi connectivity index (χ0v) is 7.32. The first kappa shape index (κ1) is 9.25. The van der Waals surface area contributed by atoms with E-state index in [9.17, 15) is 4.79 Å². The van der Waals surface area contributed by atoms with Crippen molar-refractivity contribution >= 4 is 11.6 Å². The summed E-state index contributed by atoms with van der Waals surface area (Å²) in [5.41, 5.74) is 5.73. The van der Waals surface area contributed by atoms with Crippen LogP contribution in [0, 0.1) is 0 Å². The average Bonchev–Trinajstić information content (AvgIpc) is 2.15. The van der Waals surface area contributed by atoms with Crippen LogP contribution in [0.1, 0.15) is 17.3 Å². The van der Waals surface area contributed by atoms with E-state index in [1.165, 1.54) is 19.3 Å². The van der Waals surface area contributed by atoms with Crippen LogP contribution in [0.3, 0.4) is 0 Å². The largest absolute Gasteiger partial charge is 0.403 e. The molecule has 0 aliphatic heterocycles. The molecule has 0 amide bonds. The van der Waals surface area contributed by atoms with Crippen molar-refractivity contribution < 1.29 is 4.79 Å². The molecule has 0 radical (unpaired) electrons. The third-order valence-corrected chi connectivity index (χ3v) is 1.50. The molecule has 4 nitrogen and oxygen atoms in total. The summed E-state index contributed by atoms with van der Waals surface area (Å²) in [6.45, 7) is 1.50. The van der Waals surface area contributed by atoms with Crippen LogP contribution >= 0.6 is 0 Å². The number of nitrogens with zero attached hydrogens (tertiary/aromatic N) is 1. The van der Waals surface area contributed by atoms with Crippen LogP contribution in [-0.4, -0.2) is 10.8 Å². The molecule has 0 aliphatic carbocycles. The van der Waals surface area contributed by atoms with Crippen molar-refractivity contribution in [2.45, 2.75) is 6.92 Å². The van der Waals surface area contributed by atoms with Gasteiger partial charge in [-0.2, -0.15) is 0 Å². The van der Waals surface area contributed by atoms with Crippen molar-refractivity contribution in [2.24, 2.45) is 5.73 Å². The van der Waals surface area contributed by atoms with Gasteiger partial charge < -0.3 is 11.1 Å². The monoisotopic (exact) mass is 177 g/mol. The van der Waals surface area contributed by atoms with Gasteiger partial charge in [-0.1, -0.05) is 0 Å². The topological polar surface area (TPSA) is 68.0 Å². The summed E-state index contributed by atoms with van der Waals surface area (Å²) in [6.07, 6.45) is 4.46. The molecule has 1 rings (SSSR count). The Morgan fingerprint density at radius 3 is 2.85 bits per heavy atom. The molecule has 1 heterocycles. The zero-order valence-electron chi connectivity index (χ0n) is 7.32. The number of carbonyl (C=O) groups is 1. The molecule has 0 bridgehead atoms. The number of anilines is 1. The number of nitrogens with two attached hydrogens (primary N) is 1. The molecule has 0 unspecified atom stereocenters. The van der Waals surface area contributed by atoms with Crippen LogP contribution in [0.2, 0.25) is 0 Å². The third-order valence-electron chi connectivity index (χ3n) is 1.50. The van der Waals surface area contributed by atoms with Gasteiger partial charge in [-0.25, -0.2) is 4.98 Å². The van der Waals surface area contributed by atoms with Crippen LogP contribution in [0.15, 0.2) is 30.7 Å². The van der Waals surface area contributed by atoms with Crippen molar-refractivity contribution in [1.29, 1.82) is 0 Å². The number of ketones is 1.